The van der Waals surface area contributed by atoms with Crippen LogP contribution in [0.5, 0.6) is 5.75 Å². The molecule has 0 aromatic heterocycles. The van der Waals surface area contributed by atoms with Crippen LogP contribution in [0.25, 0.3) is 10.8 Å². The molecular formula is C21H17F3O. The van der Waals surface area contributed by atoms with Gasteiger partial charge in [0.05, 0.1) is 0 Å². The third-order valence-electron chi connectivity index (χ3n) is 4.01. The highest BCUT2D eigenvalue weighted by atomic mass is 19.2. The number of halogens is 3. The average molecular weight is 342 g/mol. The molecule has 3 aromatic rings. The summed E-state index contributed by atoms with van der Waals surface area (Å²) in [5.74, 6) is -3.39. The van der Waals surface area contributed by atoms with E-state index in [0.717, 1.165) is 24.5 Å². The lowest BCUT2D eigenvalue weighted by Crippen LogP contribution is -1.97. The molecule has 0 atom stereocenters. The lowest BCUT2D eigenvalue weighted by atomic mass is 10.1. The van der Waals surface area contributed by atoms with Gasteiger partial charge in [-0.25, -0.2) is 13.2 Å². The minimum atomic E-state index is -1.46. The van der Waals surface area contributed by atoms with Gasteiger partial charge in [0, 0.05) is 5.39 Å². The van der Waals surface area contributed by atoms with Crippen LogP contribution in [0, 0.1) is 17.5 Å². The summed E-state index contributed by atoms with van der Waals surface area (Å²) in [6.45, 7) is 4.04. The second-order valence-corrected chi connectivity index (χ2v) is 5.80. The second kappa shape index (κ2) is 7.43. The Bertz CT molecular complexity index is 901. The molecule has 0 fully saturated rings. The lowest BCUT2D eigenvalue weighted by Gasteiger charge is -2.09. The number of allylic oxidation sites excluding steroid dienone is 1. The number of fused-ring (bicyclic) bond motifs is 1. The Morgan fingerprint density at radius 3 is 2.32 bits per heavy atom. The van der Waals surface area contributed by atoms with Gasteiger partial charge in [0.1, 0.15) is 12.4 Å². The van der Waals surface area contributed by atoms with E-state index in [4.69, 9.17) is 4.74 Å². The first-order valence-electron chi connectivity index (χ1n) is 7.97. The van der Waals surface area contributed by atoms with Gasteiger partial charge >= 0.3 is 0 Å². The van der Waals surface area contributed by atoms with Crippen molar-refractivity contribution in [2.24, 2.45) is 0 Å². The van der Waals surface area contributed by atoms with Crippen molar-refractivity contribution in [3.8, 4) is 5.75 Å². The molecule has 4 heteroatoms. The van der Waals surface area contributed by atoms with Crippen LogP contribution >= 0.6 is 0 Å². The van der Waals surface area contributed by atoms with E-state index in [0.29, 0.717) is 12.4 Å². The number of rotatable bonds is 6. The number of benzene rings is 3. The summed E-state index contributed by atoms with van der Waals surface area (Å²) in [6, 6.07) is 13.4. The topological polar surface area (TPSA) is 9.23 Å². The van der Waals surface area contributed by atoms with E-state index < -0.39 is 17.5 Å². The van der Waals surface area contributed by atoms with E-state index in [1.54, 1.807) is 6.07 Å². The minimum absolute atomic E-state index is 0.0258. The highest BCUT2D eigenvalue weighted by Gasteiger charge is 2.13. The molecule has 0 aliphatic rings. The van der Waals surface area contributed by atoms with Gasteiger partial charge in [0.15, 0.2) is 17.5 Å². The zero-order valence-electron chi connectivity index (χ0n) is 13.6. The second-order valence-electron chi connectivity index (χ2n) is 5.80. The van der Waals surface area contributed by atoms with Gasteiger partial charge in [-0.1, -0.05) is 30.3 Å². The Balaban J connectivity index is 1.73. The van der Waals surface area contributed by atoms with Gasteiger partial charge in [0.2, 0.25) is 0 Å². The molecule has 0 bridgehead atoms. The molecule has 0 spiro atoms. The maximum absolute atomic E-state index is 13.7. The molecule has 3 rings (SSSR count). The van der Waals surface area contributed by atoms with Crippen LogP contribution in [0.2, 0.25) is 0 Å². The van der Waals surface area contributed by atoms with Crippen LogP contribution in [0.15, 0.2) is 61.2 Å². The Morgan fingerprint density at radius 1 is 0.880 bits per heavy atom. The maximum Gasteiger partial charge on any atom is 0.195 e. The van der Waals surface area contributed by atoms with Crippen molar-refractivity contribution in [1.82, 2.24) is 0 Å². The first kappa shape index (κ1) is 17.1. The number of ether oxygens (including phenoxy) is 1. The molecule has 0 unspecified atom stereocenters. The Hall–Kier alpha value is -2.75. The molecule has 0 saturated heterocycles. The van der Waals surface area contributed by atoms with E-state index in [1.165, 1.54) is 17.7 Å². The molecule has 0 amide bonds. The first-order valence-corrected chi connectivity index (χ1v) is 7.97. The van der Waals surface area contributed by atoms with Crippen LogP contribution < -0.4 is 4.74 Å². The van der Waals surface area contributed by atoms with Crippen molar-refractivity contribution in [2.75, 3.05) is 0 Å². The van der Waals surface area contributed by atoms with Crippen LogP contribution in [-0.4, -0.2) is 0 Å². The standard InChI is InChI=1S/C21H17F3O/c1-2-3-4-14-5-7-15(8-6-14)13-25-17-9-10-18-16(11-17)12-19(22)21(24)20(18)23/h2,5-12H,1,3-4,13H2. The summed E-state index contributed by atoms with van der Waals surface area (Å²) in [5, 5.41) is 0.284. The van der Waals surface area contributed by atoms with Crippen molar-refractivity contribution in [3.63, 3.8) is 0 Å². The van der Waals surface area contributed by atoms with Crippen molar-refractivity contribution in [3.05, 3.63) is 89.8 Å². The molecular weight excluding hydrogens is 325 g/mol. The number of hydrogen-bond donors (Lipinski definition) is 0. The van der Waals surface area contributed by atoms with Crippen molar-refractivity contribution in [2.45, 2.75) is 19.4 Å². The molecule has 0 aliphatic heterocycles. The molecule has 3 aromatic carbocycles. The molecule has 0 N–H and O–H groups in total. The van der Waals surface area contributed by atoms with E-state index >= 15 is 0 Å². The van der Waals surface area contributed by atoms with Gasteiger partial charge < -0.3 is 4.74 Å². The van der Waals surface area contributed by atoms with Crippen molar-refractivity contribution in [1.29, 1.82) is 0 Å². The van der Waals surface area contributed by atoms with Crippen molar-refractivity contribution >= 4 is 10.8 Å². The fourth-order valence-electron chi connectivity index (χ4n) is 2.61. The Morgan fingerprint density at radius 2 is 1.60 bits per heavy atom. The molecule has 25 heavy (non-hydrogen) atoms. The maximum atomic E-state index is 13.7. The summed E-state index contributed by atoms with van der Waals surface area (Å²) in [5.41, 5.74) is 2.21. The summed E-state index contributed by atoms with van der Waals surface area (Å²) in [6.07, 6.45) is 3.76. The van der Waals surface area contributed by atoms with Gasteiger partial charge in [-0.15, -0.1) is 6.58 Å². The van der Waals surface area contributed by atoms with Crippen LogP contribution in [0.4, 0.5) is 13.2 Å². The Labute approximate surface area is 144 Å². The zero-order chi connectivity index (χ0) is 17.8. The van der Waals surface area contributed by atoms with E-state index in [9.17, 15) is 13.2 Å². The predicted molar refractivity (Wildman–Crippen MR) is 93.1 cm³/mol. The van der Waals surface area contributed by atoms with Crippen molar-refractivity contribution < 1.29 is 17.9 Å². The van der Waals surface area contributed by atoms with Gasteiger partial charge in [-0.05, 0) is 53.6 Å². The first-order chi connectivity index (χ1) is 12.1. The SMILES string of the molecule is C=CCCc1ccc(COc2ccc3c(F)c(F)c(F)cc3c2)cc1. The highest BCUT2D eigenvalue weighted by Crippen LogP contribution is 2.27. The summed E-state index contributed by atoms with van der Waals surface area (Å²) < 4.78 is 46.0. The Kier molecular flexibility index (Phi) is 5.08. The average Bonchev–Trinajstić information content (AvgIpc) is 2.63. The lowest BCUT2D eigenvalue weighted by molar-refractivity contribution is 0.306. The number of hydrogen-bond acceptors (Lipinski definition) is 1. The quantitative estimate of drug-likeness (QED) is 0.397. The molecule has 0 radical (unpaired) electrons. The summed E-state index contributed by atoms with van der Waals surface area (Å²) in [4.78, 5) is 0. The highest BCUT2D eigenvalue weighted by molar-refractivity contribution is 5.84. The summed E-state index contributed by atoms with van der Waals surface area (Å²) >= 11 is 0. The zero-order valence-corrected chi connectivity index (χ0v) is 13.6. The fourth-order valence-corrected chi connectivity index (χ4v) is 2.61. The van der Waals surface area contributed by atoms with Gasteiger partial charge in [-0.2, -0.15) is 0 Å². The smallest absolute Gasteiger partial charge is 0.195 e. The molecule has 0 saturated carbocycles. The molecule has 0 aliphatic carbocycles. The summed E-state index contributed by atoms with van der Waals surface area (Å²) in [7, 11) is 0. The molecule has 128 valence electrons. The minimum Gasteiger partial charge on any atom is -0.489 e. The molecule has 1 nitrogen and oxygen atoms in total. The van der Waals surface area contributed by atoms with Crippen LogP contribution in [-0.2, 0) is 13.0 Å². The van der Waals surface area contributed by atoms with Gasteiger partial charge in [0.25, 0.3) is 0 Å². The fraction of sp³-hybridized carbons (Fsp3) is 0.143. The van der Waals surface area contributed by atoms with Crippen LogP contribution in [0.3, 0.4) is 0 Å². The normalized spacial score (nSPS) is 10.8. The van der Waals surface area contributed by atoms with E-state index in [-0.39, 0.29) is 10.8 Å². The largest absolute Gasteiger partial charge is 0.489 e. The predicted octanol–water partition coefficient (Wildman–Crippen LogP) is 5.95. The third kappa shape index (κ3) is 3.85. The monoisotopic (exact) mass is 342 g/mol. The van der Waals surface area contributed by atoms with E-state index in [1.807, 2.05) is 30.3 Å². The van der Waals surface area contributed by atoms with E-state index in [2.05, 4.69) is 6.58 Å². The van der Waals surface area contributed by atoms with Gasteiger partial charge in [-0.3, -0.25) is 0 Å². The number of aryl methyl sites for hydroxylation is 1. The van der Waals surface area contributed by atoms with Crippen LogP contribution in [0.1, 0.15) is 17.5 Å². The molecule has 0 heterocycles. The third-order valence-corrected chi connectivity index (χ3v) is 4.01.